The van der Waals surface area contributed by atoms with Gasteiger partial charge in [-0.1, -0.05) is 12.1 Å². The van der Waals surface area contributed by atoms with Crippen LogP contribution in [0.2, 0.25) is 0 Å². The van der Waals surface area contributed by atoms with E-state index in [1.165, 1.54) is 36.4 Å². The predicted octanol–water partition coefficient (Wildman–Crippen LogP) is 2.41. The fourth-order valence-corrected chi connectivity index (χ4v) is 1.95. The molecule has 2 rings (SSSR count). The van der Waals surface area contributed by atoms with Crippen LogP contribution in [0.5, 0.6) is 5.75 Å². The Morgan fingerprint density at radius 2 is 1.73 bits per heavy atom. The number of hydrogen-bond donors (Lipinski definition) is 3. The molecule has 22 heavy (non-hydrogen) atoms. The molecule has 0 saturated heterocycles. The number of non-ortho nitro benzene ring substituents is 1. The number of carboxylic acids is 1. The van der Waals surface area contributed by atoms with Crippen LogP contribution in [0, 0.1) is 10.1 Å². The summed E-state index contributed by atoms with van der Waals surface area (Å²) in [6, 6.07) is 10.9. The zero-order chi connectivity index (χ0) is 16.1. The van der Waals surface area contributed by atoms with Crippen LogP contribution in [0.4, 0.5) is 11.4 Å². The normalized spacial score (nSPS) is 11.6. The van der Waals surface area contributed by atoms with Crippen molar-refractivity contribution in [1.29, 1.82) is 0 Å². The molecule has 0 saturated carbocycles. The van der Waals surface area contributed by atoms with E-state index in [9.17, 15) is 25.1 Å². The number of anilines is 1. The number of phenolic OH excluding ortho intramolecular Hbond substituents is 1. The summed E-state index contributed by atoms with van der Waals surface area (Å²) < 4.78 is 0. The molecule has 3 N–H and O–H groups in total. The van der Waals surface area contributed by atoms with Crippen LogP contribution in [0.25, 0.3) is 0 Å². The Balaban J connectivity index is 2.09. The minimum atomic E-state index is -1.04. The van der Waals surface area contributed by atoms with E-state index in [2.05, 4.69) is 5.32 Å². The van der Waals surface area contributed by atoms with Gasteiger partial charge in [0.05, 0.1) is 4.92 Å². The molecule has 0 aliphatic rings. The molecule has 0 spiro atoms. The first-order valence-electron chi connectivity index (χ1n) is 6.47. The minimum absolute atomic E-state index is 0.0593. The molecule has 0 radical (unpaired) electrons. The third kappa shape index (κ3) is 3.95. The molecule has 1 atom stereocenters. The molecule has 0 aliphatic carbocycles. The van der Waals surface area contributed by atoms with Gasteiger partial charge >= 0.3 is 5.97 Å². The lowest BCUT2D eigenvalue weighted by atomic mass is 10.1. The molecule has 114 valence electrons. The van der Waals surface area contributed by atoms with Crippen molar-refractivity contribution in [3.63, 3.8) is 0 Å². The van der Waals surface area contributed by atoms with Crippen molar-refractivity contribution in [3.05, 3.63) is 64.2 Å². The molecule has 7 nitrogen and oxygen atoms in total. The first kappa shape index (κ1) is 15.3. The highest BCUT2D eigenvalue weighted by Gasteiger charge is 2.18. The van der Waals surface area contributed by atoms with Gasteiger partial charge in [-0.25, -0.2) is 4.79 Å². The summed E-state index contributed by atoms with van der Waals surface area (Å²) in [5.74, 6) is -0.926. The van der Waals surface area contributed by atoms with E-state index in [0.717, 1.165) is 5.56 Å². The molecular weight excluding hydrogens is 288 g/mol. The maximum Gasteiger partial charge on any atom is 0.326 e. The van der Waals surface area contributed by atoms with Gasteiger partial charge in [0.1, 0.15) is 11.8 Å². The Morgan fingerprint density at radius 3 is 2.23 bits per heavy atom. The second-order valence-corrected chi connectivity index (χ2v) is 4.71. The van der Waals surface area contributed by atoms with Gasteiger partial charge in [-0.15, -0.1) is 0 Å². The third-order valence-electron chi connectivity index (χ3n) is 3.09. The summed E-state index contributed by atoms with van der Waals surface area (Å²) in [5, 5.41) is 31.9. The number of nitrogens with one attached hydrogen (secondary N) is 1. The lowest BCUT2D eigenvalue weighted by Gasteiger charge is -2.15. The number of aliphatic carboxylic acids is 1. The first-order valence-corrected chi connectivity index (χ1v) is 6.47. The fraction of sp³-hybridized carbons (Fsp3) is 0.133. The largest absolute Gasteiger partial charge is 0.508 e. The minimum Gasteiger partial charge on any atom is -0.508 e. The second-order valence-electron chi connectivity index (χ2n) is 4.71. The van der Waals surface area contributed by atoms with Crippen molar-refractivity contribution in [1.82, 2.24) is 0 Å². The molecule has 0 amide bonds. The highest BCUT2D eigenvalue weighted by Crippen LogP contribution is 2.18. The number of rotatable bonds is 6. The number of benzene rings is 2. The number of nitro benzene ring substituents is 1. The van der Waals surface area contributed by atoms with Gasteiger partial charge in [-0.3, -0.25) is 10.1 Å². The summed E-state index contributed by atoms with van der Waals surface area (Å²) in [7, 11) is 0. The van der Waals surface area contributed by atoms with Crippen molar-refractivity contribution in [2.75, 3.05) is 5.32 Å². The number of phenols is 1. The number of carbonyl (C=O) groups is 1. The molecule has 0 heterocycles. The zero-order valence-electron chi connectivity index (χ0n) is 11.5. The van der Waals surface area contributed by atoms with Gasteiger partial charge in [-0.2, -0.15) is 0 Å². The summed E-state index contributed by atoms with van der Waals surface area (Å²) >= 11 is 0. The molecule has 7 heteroatoms. The number of nitrogens with zero attached hydrogens (tertiary/aromatic N) is 1. The number of aromatic hydroxyl groups is 1. The molecular formula is C15H14N2O5. The molecule has 2 aromatic carbocycles. The van der Waals surface area contributed by atoms with Gasteiger partial charge in [0, 0.05) is 24.2 Å². The Hall–Kier alpha value is -3.09. The van der Waals surface area contributed by atoms with Crippen LogP contribution in [-0.4, -0.2) is 27.1 Å². The quantitative estimate of drug-likeness (QED) is 0.558. The SMILES string of the molecule is O=C(O)[C@H](Cc1ccc(O)cc1)Nc1ccc([N+](=O)[O-])cc1. The fourth-order valence-electron chi connectivity index (χ4n) is 1.95. The Morgan fingerprint density at radius 1 is 1.14 bits per heavy atom. The van der Waals surface area contributed by atoms with E-state index < -0.39 is 16.9 Å². The summed E-state index contributed by atoms with van der Waals surface area (Å²) in [4.78, 5) is 21.4. The monoisotopic (exact) mass is 302 g/mol. The maximum atomic E-state index is 11.3. The average Bonchev–Trinajstić information content (AvgIpc) is 2.49. The lowest BCUT2D eigenvalue weighted by molar-refractivity contribution is -0.384. The second kappa shape index (κ2) is 6.57. The summed E-state index contributed by atoms with van der Waals surface area (Å²) in [5.41, 5.74) is 1.17. The topological polar surface area (TPSA) is 113 Å². The van der Waals surface area contributed by atoms with Gasteiger partial charge in [-0.05, 0) is 29.8 Å². The number of nitro groups is 1. The predicted molar refractivity (Wildman–Crippen MR) is 80.0 cm³/mol. The van der Waals surface area contributed by atoms with Gasteiger partial charge in [0.15, 0.2) is 0 Å². The van der Waals surface area contributed by atoms with Crippen molar-refractivity contribution in [3.8, 4) is 5.75 Å². The van der Waals surface area contributed by atoms with Gasteiger partial charge in [0.25, 0.3) is 5.69 Å². The van der Waals surface area contributed by atoms with Crippen molar-refractivity contribution in [2.45, 2.75) is 12.5 Å². The van der Waals surface area contributed by atoms with Crippen LogP contribution in [-0.2, 0) is 11.2 Å². The van der Waals surface area contributed by atoms with Crippen LogP contribution in [0.1, 0.15) is 5.56 Å². The zero-order valence-corrected chi connectivity index (χ0v) is 11.5. The molecule has 0 unspecified atom stereocenters. The van der Waals surface area contributed by atoms with E-state index in [1.807, 2.05) is 0 Å². The maximum absolute atomic E-state index is 11.3. The van der Waals surface area contributed by atoms with E-state index in [-0.39, 0.29) is 17.9 Å². The highest BCUT2D eigenvalue weighted by molar-refractivity contribution is 5.77. The Bertz CT molecular complexity index is 667. The van der Waals surface area contributed by atoms with Crippen molar-refractivity contribution in [2.24, 2.45) is 0 Å². The number of carboxylic acid groups (broad SMARTS) is 1. The smallest absolute Gasteiger partial charge is 0.326 e. The average molecular weight is 302 g/mol. The van der Waals surface area contributed by atoms with Crippen LogP contribution in [0.3, 0.4) is 0 Å². The molecule has 0 bridgehead atoms. The van der Waals surface area contributed by atoms with Gasteiger partial charge < -0.3 is 15.5 Å². The van der Waals surface area contributed by atoms with Crippen molar-refractivity contribution >= 4 is 17.3 Å². The van der Waals surface area contributed by atoms with Crippen molar-refractivity contribution < 1.29 is 19.9 Å². The van der Waals surface area contributed by atoms with E-state index in [0.29, 0.717) is 5.69 Å². The Kier molecular flexibility index (Phi) is 4.57. The standard InChI is InChI=1S/C15H14N2O5/c18-13-7-1-10(2-8-13)9-14(15(19)20)16-11-3-5-12(6-4-11)17(21)22/h1-8,14,16,18H,9H2,(H,19,20)/t14-/m0/s1. The van der Waals surface area contributed by atoms with E-state index in [1.54, 1.807) is 12.1 Å². The first-order chi connectivity index (χ1) is 10.5. The van der Waals surface area contributed by atoms with E-state index in [4.69, 9.17) is 0 Å². The summed E-state index contributed by atoms with van der Waals surface area (Å²) in [6.07, 6.45) is 0.215. The lowest BCUT2D eigenvalue weighted by Crippen LogP contribution is -2.31. The highest BCUT2D eigenvalue weighted by atomic mass is 16.6. The molecule has 0 fully saturated rings. The van der Waals surface area contributed by atoms with Crippen LogP contribution >= 0.6 is 0 Å². The van der Waals surface area contributed by atoms with E-state index >= 15 is 0 Å². The third-order valence-corrected chi connectivity index (χ3v) is 3.09. The van der Waals surface area contributed by atoms with Crippen LogP contribution in [0.15, 0.2) is 48.5 Å². The summed E-state index contributed by atoms with van der Waals surface area (Å²) in [6.45, 7) is 0. The molecule has 2 aromatic rings. The number of hydrogen-bond acceptors (Lipinski definition) is 5. The van der Waals surface area contributed by atoms with Gasteiger partial charge in [0.2, 0.25) is 0 Å². The van der Waals surface area contributed by atoms with Crippen LogP contribution < -0.4 is 5.32 Å². The Labute approximate surface area is 126 Å². The molecule has 0 aliphatic heterocycles. The molecule has 0 aromatic heterocycles.